The molecule has 0 bridgehead atoms. The number of ether oxygens (including phenoxy) is 1. The van der Waals surface area contributed by atoms with E-state index in [1.54, 1.807) is 0 Å². The van der Waals surface area contributed by atoms with Crippen LogP contribution in [-0.2, 0) is 0 Å². The summed E-state index contributed by atoms with van der Waals surface area (Å²) in [5.74, 6) is 0.0331. The summed E-state index contributed by atoms with van der Waals surface area (Å²) in [6.07, 6.45) is -6.03. The zero-order valence-electron chi connectivity index (χ0n) is 7.25. The molecule has 0 aromatic carbocycles. The van der Waals surface area contributed by atoms with E-state index in [-0.39, 0.29) is 11.4 Å². The highest BCUT2D eigenvalue weighted by Gasteiger charge is 2.39. The fourth-order valence-electron chi connectivity index (χ4n) is 0.895. The molecule has 0 radical (unpaired) electrons. The third kappa shape index (κ3) is 2.35. The smallest absolute Gasteiger partial charge is 0.418 e. The van der Waals surface area contributed by atoms with Crippen LogP contribution >= 0.6 is 0 Å². The Hall–Kier alpha value is -1.30. The van der Waals surface area contributed by atoms with Gasteiger partial charge in [-0.2, -0.15) is 13.2 Å². The quantitative estimate of drug-likeness (QED) is 0.802. The van der Waals surface area contributed by atoms with Crippen LogP contribution in [0.1, 0.15) is 11.7 Å². The molecule has 78 valence electrons. The van der Waals surface area contributed by atoms with Crippen molar-refractivity contribution in [2.45, 2.75) is 12.3 Å². The minimum Gasteiger partial charge on any atom is -0.481 e. The lowest BCUT2D eigenvalue weighted by Crippen LogP contribution is -2.20. The molecule has 6 heteroatoms. The van der Waals surface area contributed by atoms with Crippen molar-refractivity contribution in [3.63, 3.8) is 0 Å². The van der Waals surface area contributed by atoms with Gasteiger partial charge in [-0.25, -0.2) is 4.98 Å². The molecule has 0 aliphatic rings. The Balaban J connectivity index is 2.95. The van der Waals surface area contributed by atoms with Crippen molar-refractivity contribution in [3.8, 4) is 5.88 Å². The summed E-state index contributed by atoms with van der Waals surface area (Å²) in [7, 11) is 1.28. The molecule has 0 spiro atoms. The highest BCUT2D eigenvalue weighted by Crippen LogP contribution is 2.32. The number of halogens is 3. The summed E-state index contributed by atoms with van der Waals surface area (Å²) in [6.45, 7) is 0. The first kappa shape index (κ1) is 10.8. The molecule has 1 aromatic heterocycles. The Morgan fingerprint density at radius 1 is 1.50 bits per heavy atom. The SMILES string of the molecule is COc1cc([C@H](O)C(F)(F)F)ccn1. The van der Waals surface area contributed by atoms with Crippen LogP contribution in [0.5, 0.6) is 5.88 Å². The summed E-state index contributed by atoms with van der Waals surface area (Å²) in [5, 5.41) is 8.87. The van der Waals surface area contributed by atoms with Gasteiger partial charge in [0.2, 0.25) is 5.88 Å². The van der Waals surface area contributed by atoms with Crippen LogP contribution in [0.15, 0.2) is 18.3 Å². The Bertz CT molecular complexity index is 314. The van der Waals surface area contributed by atoms with Crippen LogP contribution in [-0.4, -0.2) is 23.4 Å². The second kappa shape index (κ2) is 3.83. The maximum absolute atomic E-state index is 12.1. The summed E-state index contributed by atoms with van der Waals surface area (Å²) in [6, 6.07) is 2.12. The number of aromatic nitrogens is 1. The van der Waals surface area contributed by atoms with Crippen molar-refractivity contribution in [1.82, 2.24) is 4.98 Å². The molecule has 0 aliphatic heterocycles. The third-order valence-corrected chi connectivity index (χ3v) is 1.59. The number of rotatable bonds is 2. The number of pyridine rings is 1. The Labute approximate surface area is 78.2 Å². The largest absolute Gasteiger partial charge is 0.481 e. The molecule has 1 rings (SSSR count). The van der Waals surface area contributed by atoms with Crippen molar-refractivity contribution in [3.05, 3.63) is 23.9 Å². The van der Waals surface area contributed by atoms with Gasteiger partial charge >= 0.3 is 6.18 Å². The van der Waals surface area contributed by atoms with Crippen LogP contribution in [0.2, 0.25) is 0 Å². The van der Waals surface area contributed by atoms with Crippen molar-refractivity contribution < 1.29 is 23.0 Å². The van der Waals surface area contributed by atoms with Gasteiger partial charge in [0.15, 0.2) is 6.10 Å². The summed E-state index contributed by atoms with van der Waals surface area (Å²) in [4.78, 5) is 3.62. The highest BCUT2D eigenvalue weighted by molar-refractivity contribution is 5.23. The van der Waals surface area contributed by atoms with Gasteiger partial charge in [0.1, 0.15) is 0 Å². The first-order chi connectivity index (χ1) is 6.45. The molecule has 0 fully saturated rings. The van der Waals surface area contributed by atoms with E-state index in [4.69, 9.17) is 5.11 Å². The molecule has 0 amide bonds. The van der Waals surface area contributed by atoms with Gasteiger partial charge in [-0.15, -0.1) is 0 Å². The summed E-state index contributed by atoms with van der Waals surface area (Å²) >= 11 is 0. The van der Waals surface area contributed by atoms with Gasteiger partial charge in [0.05, 0.1) is 7.11 Å². The number of methoxy groups -OCH3 is 1. The zero-order chi connectivity index (χ0) is 10.8. The Morgan fingerprint density at radius 2 is 2.14 bits per heavy atom. The molecule has 0 saturated carbocycles. The lowest BCUT2D eigenvalue weighted by atomic mass is 10.1. The van der Waals surface area contributed by atoms with Crippen molar-refractivity contribution in [2.24, 2.45) is 0 Å². The van der Waals surface area contributed by atoms with Gasteiger partial charge in [-0.1, -0.05) is 0 Å². The molecule has 0 aliphatic carbocycles. The minimum absolute atomic E-state index is 0.0331. The monoisotopic (exact) mass is 207 g/mol. The lowest BCUT2D eigenvalue weighted by molar-refractivity contribution is -0.206. The molecule has 0 unspecified atom stereocenters. The van der Waals surface area contributed by atoms with Gasteiger partial charge < -0.3 is 9.84 Å². The number of hydrogen-bond donors (Lipinski definition) is 1. The number of alkyl halides is 3. The fraction of sp³-hybridized carbons (Fsp3) is 0.375. The van der Waals surface area contributed by atoms with E-state index in [0.717, 1.165) is 18.3 Å². The molecule has 1 N–H and O–H groups in total. The maximum Gasteiger partial charge on any atom is 0.418 e. The summed E-state index contributed by atoms with van der Waals surface area (Å²) in [5.41, 5.74) is -0.288. The molecule has 0 saturated heterocycles. The van der Waals surface area contributed by atoms with E-state index >= 15 is 0 Å². The predicted octanol–water partition coefficient (Wildman–Crippen LogP) is 1.69. The Morgan fingerprint density at radius 3 is 2.64 bits per heavy atom. The van der Waals surface area contributed by atoms with Crippen LogP contribution in [0, 0.1) is 0 Å². The van der Waals surface area contributed by atoms with Crippen molar-refractivity contribution in [2.75, 3.05) is 7.11 Å². The first-order valence-electron chi connectivity index (χ1n) is 3.70. The second-order valence-corrected chi connectivity index (χ2v) is 2.58. The van der Waals surface area contributed by atoms with E-state index in [1.807, 2.05) is 0 Å². The molecular formula is C8H8F3NO2. The molecule has 1 aromatic rings. The average molecular weight is 207 g/mol. The molecule has 14 heavy (non-hydrogen) atoms. The number of hydrogen-bond acceptors (Lipinski definition) is 3. The van der Waals surface area contributed by atoms with E-state index in [0.29, 0.717) is 0 Å². The second-order valence-electron chi connectivity index (χ2n) is 2.58. The molecule has 1 heterocycles. The minimum atomic E-state index is -4.67. The lowest BCUT2D eigenvalue weighted by Gasteiger charge is -2.14. The maximum atomic E-state index is 12.1. The Kier molecular flexibility index (Phi) is 2.95. The van der Waals surface area contributed by atoms with Crippen molar-refractivity contribution in [1.29, 1.82) is 0 Å². The average Bonchev–Trinajstić information content (AvgIpc) is 2.15. The van der Waals surface area contributed by atoms with Crippen LogP contribution in [0.4, 0.5) is 13.2 Å². The normalized spacial score (nSPS) is 13.8. The van der Waals surface area contributed by atoms with Gasteiger partial charge in [-0.05, 0) is 11.6 Å². The van der Waals surface area contributed by atoms with E-state index in [9.17, 15) is 13.2 Å². The van der Waals surface area contributed by atoms with Crippen molar-refractivity contribution >= 4 is 0 Å². The zero-order valence-corrected chi connectivity index (χ0v) is 7.25. The van der Waals surface area contributed by atoms with Crippen LogP contribution < -0.4 is 4.74 Å². The predicted molar refractivity (Wildman–Crippen MR) is 41.8 cm³/mol. The topological polar surface area (TPSA) is 42.4 Å². The fourth-order valence-corrected chi connectivity index (χ4v) is 0.895. The van der Waals surface area contributed by atoms with Gasteiger partial charge in [-0.3, -0.25) is 0 Å². The molecular weight excluding hydrogens is 199 g/mol. The summed E-state index contributed by atoms with van der Waals surface area (Å²) < 4.78 is 40.8. The van der Waals surface area contributed by atoms with Crippen LogP contribution in [0.3, 0.4) is 0 Å². The van der Waals surface area contributed by atoms with Gasteiger partial charge in [0, 0.05) is 12.3 Å². The molecule has 1 atom stereocenters. The number of aliphatic hydroxyl groups is 1. The molecule has 3 nitrogen and oxygen atoms in total. The van der Waals surface area contributed by atoms with E-state index in [2.05, 4.69) is 9.72 Å². The first-order valence-corrected chi connectivity index (χ1v) is 3.70. The van der Waals surface area contributed by atoms with E-state index < -0.39 is 12.3 Å². The standard InChI is InChI=1S/C8H8F3NO2/c1-14-6-4-5(2-3-12-6)7(13)8(9,10)11/h2-4,7,13H,1H3/t7-/m0/s1. The third-order valence-electron chi connectivity index (χ3n) is 1.59. The van der Waals surface area contributed by atoms with Gasteiger partial charge in [0.25, 0.3) is 0 Å². The highest BCUT2D eigenvalue weighted by atomic mass is 19.4. The number of nitrogens with zero attached hydrogens (tertiary/aromatic N) is 1. The number of aliphatic hydroxyl groups excluding tert-OH is 1. The van der Waals surface area contributed by atoms with Crippen LogP contribution in [0.25, 0.3) is 0 Å². The van der Waals surface area contributed by atoms with E-state index in [1.165, 1.54) is 7.11 Å².